The van der Waals surface area contributed by atoms with Gasteiger partial charge in [-0.05, 0) is 48.4 Å². The molecule has 3 rings (SSSR count). The Hall–Kier alpha value is -2.44. The molecule has 0 radical (unpaired) electrons. The highest BCUT2D eigenvalue weighted by molar-refractivity contribution is 5.94. The van der Waals surface area contributed by atoms with Crippen LogP contribution in [-0.2, 0) is 13.2 Å². The standard InChI is InChI=1S/C18H25N5O2/c1-2-23-17(20-21-22-23)13-25-16-11-7-8-14(12-16)18(24)19-15-9-5-3-4-6-10-15/h7-8,11-12,15H,2-6,9-10,13H2,1H3,(H,19,24). The number of amides is 1. The van der Waals surface area contributed by atoms with Crippen LogP contribution in [0.2, 0.25) is 0 Å². The predicted molar refractivity (Wildman–Crippen MR) is 93.2 cm³/mol. The number of tetrazole rings is 1. The van der Waals surface area contributed by atoms with Gasteiger partial charge in [-0.15, -0.1) is 5.10 Å². The molecule has 2 aromatic rings. The number of hydrogen-bond acceptors (Lipinski definition) is 5. The molecule has 1 aliphatic carbocycles. The van der Waals surface area contributed by atoms with Crippen molar-refractivity contribution in [3.05, 3.63) is 35.7 Å². The fraction of sp³-hybridized carbons (Fsp3) is 0.556. The van der Waals surface area contributed by atoms with Crippen LogP contribution in [0.15, 0.2) is 24.3 Å². The third kappa shape index (κ3) is 4.78. The van der Waals surface area contributed by atoms with Gasteiger partial charge >= 0.3 is 0 Å². The Labute approximate surface area is 147 Å². The quantitative estimate of drug-likeness (QED) is 0.816. The third-order valence-electron chi connectivity index (χ3n) is 4.56. The van der Waals surface area contributed by atoms with Crippen LogP contribution in [0.1, 0.15) is 61.6 Å². The second-order valence-electron chi connectivity index (χ2n) is 6.39. The molecule has 1 aliphatic rings. The lowest BCUT2D eigenvalue weighted by Crippen LogP contribution is -2.34. The minimum Gasteiger partial charge on any atom is -0.486 e. The molecule has 7 nitrogen and oxygen atoms in total. The molecule has 0 bridgehead atoms. The smallest absolute Gasteiger partial charge is 0.251 e. The largest absolute Gasteiger partial charge is 0.486 e. The summed E-state index contributed by atoms with van der Waals surface area (Å²) in [5.74, 6) is 1.27. The van der Waals surface area contributed by atoms with E-state index in [1.54, 1.807) is 10.7 Å². The molecule has 1 amide bonds. The number of aromatic nitrogens is 4. The Kier molecular flexibility index (Phi) is 5.98. The topological polar surface area (TPSA) is 81.9 Å². The van der Waals surface area contributed by atoms with Crippen molar-refractivity contribution in [3.63, 3.8) is 0 Å². The molecule has 7 heteroatoms. The highest BCUT2D eigenvalue weighted by Crippen LogP contribution is 2.19. The van der Waals surface area contributed by atoms with Gasteiger partial charge in [0.05, 0.1) is 0 Å². The summed E-state index contributed by atoms with van der Waals surface area (Å²) in [6.45, 7) is 2.93. The summed E-state index contributed by atoms with van der Waals surface area (Å²) < 4.78 is 7.43. The molecule has 0 spiro atoms. The van der Waals surface area contributed by atoms with Crippen molar-refractivity contribution in [1.29, 1.82) is 0 Å². The molecular formula is C18H25N5O2. The lowest BCUT2D eigenvalue weighted by atomic mass is 10.1. The van der Waals surface area contributed by atoms with Crippen LogP contribution in [0.25, 0.3) is 0 Å². The number of nitrogens with zero attached hydrogens (tertiary/aromatic N) is 4. The number of carbonyl (C=O) groups is 1. The van der Waals surface area contributed by atoms with Gasteiger partial charge in [-0.3, -0.25) is 4.79 Å². The normalized spacial score (nSPS) is 15.6. The second kappa shape index (κ2) is 8.60. The molecule has 25 heavy (non-hydrogen) atoms. The number of nitrogens with one attached hydrogen (secondary N) is 1. The number of aryl methyl sites for hydroxylation is 1. The van der Waals surface area contributed by atoms with Crippen molar-refractivity contribution in [3.8, 4) is 5.75 Å². The summed E-state index contributed by atoms with van der Waals surface area (Å²) in [7, 11) is 0. The molecule has 0 atom stereocenters. The average molecular weight is 343 g/mol. The molecular weight excluding hydrogens is 318 g/mol. The third-order valence-corrected chi connectivity index (χ3v) is 4.56. The van der Waals surface area contributed by atoms with E-state index in [9.17, 15) is 4.79 Å². The minimum atomic E-state index is -0.0317. The zero-order valence-corrected chi connectivity index (χ0v) is 14.6. The van der Waals surface area contributed by atoms with E-state index in [-0.39, 0.29) is 18.6 Å². The molecule has 134 valence electrons. The van der Waals surface area contributed by atoms with Crippen molar-refractivity contribution in [2.75, 3.05) is 0 Å². The summed E-state index contributed by atoms with van der Waals surface area (Å²) in [5.41, 5.74) is 0.622. The molecule has 1 heterocycles. The maximum Gasteiger partial charge on any atom is 0.251 e. The Morgan fingerprint density at radius 1 is 1.28 bits per heavy atom. The van der Waals surface area contributed by atoms with Crippen LogP contribution < -0.4 is 10.1 Å². The van der Waals surface area contributed by atoms with Gasteiger partial charge in [0.2, 0.25) is 0 Å². The van der Waals surface area contributed by atoms with E-state index in [2.05, 4.69) is 20.8 Å². The lowest BCUT2D eigenvalue weighted by Gasteiger charge is -2.16. The summed E-state index contributed by atoms with van der Waals surface area (Å²) in [6.07, 6.45) is 7.07. The van der Waals surface area contributed by atoms with Crippen LogP contribution in [0.4, 0.5) is 0 Å². The number of hydrogen-bond donors (Lipinski definition) is 1. The molecule has 1 aromatic heterocycles. The maximum atomic E-state index is 12.5. The van der Waals surface area contributed by atoms with Gasteiger partial charge in [0.15, 0.2) is 5.82 Å². The molecule has 1 N–H and O–H groups in total. The Morgan fingerprint density at radius 3 is 2.84 bits per heavy atom. The molecule has 0 saturated heterocycles. The zero-order chi connectivity index (χ0) is 17.5. The molecule has 0 unspecified atom stereocenters. The summed E-state index contributed by atoms with van der Waals surface area (Å²) in [4.78, 5) is 12.5. The summed E-state index contributed by atoms with van der Waals surface area (Å²) >= 11 is 0. The Morgan fingerprint density at radius 2 is 2.08 bits per heavy atom. The van der Waals surface area contributed by atoms with Gasteiger partial charge in [-0.1, -0.05) is 31.7 Å². The van der Waals surface area contributed by atoms with E-state index < -0.39 is 0 Å². The SMILES string of the molecule is CCn1nnnc1COc1cccc(C(=O)NC2CCCCCC2)c1. The van der Waals surface area contributed by atoms with E-state index in [0.29, 0.717) is 23.7 Å². The van der Waals surface area contributed by atoms with Gasteiger partial charge in [-0.2, -0.15) is 0 Å². The number of ether oxygens (including phenoxy) is 1. The minimum absolute atomic E-state index is 0.0317. The van der Waals surface area contributed by atoms with Crippen LogP contribution in [0, 0.1) is 0 Å². The average Bonchev–Trinajstić information content (AvgIpc) is 2.95. The fourth-order valence-corrected chi connectivity index (χ4v) is 3.14. The van der Waals surface area contributed by atoms with E-state index in [1.807, 2.05) is 25.1 Å². The van der Waals surface area contributed by atoms with Crippen molar-refractivity contribution < 1.29 is 9.53 Å². The van der Waals surface area contributed by atoms with Crippen molar-refractivity contribution in [1.82, 2.24) is 25.5 Å². The lowest BCUT2D eigenvalue weighted by molar-refractivity contribution is 0.0933. The van der Waals surface area contributed by atoms with Crippen LogP contribution in [0.5, 0.6) is 5.75 Å². The maximum absolute atomic E-state index is 12.5. The zero-order valence-electron chi connectivity index (χ0n) is 14.6. The first kappa shape index (κ1) is 17.4. The molecule has 0 aliphatic heterocycles. The Bertz CT molecular complexity index is 692. The van der Waals surface area contributed by atoms with Crippen LogP contribution >= 0.6 is 0 Å². The number of carbonyl (C=O) groups excluding carboxylic acids is 1. The van der Waals surface area contributed by atoms with Gasteiger partial charge in [0.1, 0.15) is 12.4 Å². The first-order valence-corrected chi connectivity index (χ1v) is 9.05. The predicted octanol–water partition coefficient (Wildman–Crippen LogP) is 2.72. The van der Waals surface area contributed by atoms with Crippen LogP contribution in [-0.4, -0.2) is 32.2 Å². The number of rotatable bonds is 6. The van der Waals surface area contributed by atoms with E-state index in [0.717, 1.165) is 12.8 Å². The van der Waals surface area contributed by atoms with Gasteiger partial charge in [-0.25, -0.2) is 4.68 Å². The van der Waals surface area contributed by atoms with Crippen molar-refractivity contribution >= 4 is 5.91 Å². The highest BCUT2D eigenvalue weighted by Gasteiger charge is 2.16. The van der Waals surface area contributed by atoms with Gasteiger partial charge < -0.3 is 10.1 Å². The molecule has 1 saturated carbocycles. The molecule has 1 aromatic carbocycles. The monoisotopic (exact) mass is 343 g/mol. The Balaban J connectivity index is 1.59. The fourth-order valence-electron chi connectivity index (χ4n) is 3.14. The first-order valence-electron chi connectivity index (χ1n) is 9.05. The summed E-state index contributed by atoms with van der Waals surface area (Å²) in [5, 5.41) is 14.6. The van der Waals surface area contributed by atoms with Crippen molar-refractivity contribution in [2.45, 2.75) is 64.6 Å². The van der Waals surface area contributed by atoms with Crippen molar-refractivity contribution in [2.24, 2.45) is 0 Å². The van der Waals surface area contributed by atoms with E-state index >= 15 is 0 Å². The van der Waals surface area contributed by atoms with E-state index in [4.69, 9.17) is 4.74 Å². The second-order valence-corrected chi connectivity index (χ2v) is 6.39. The van der Waals surface area contributed by atoms with Crippen LogP contribution in [0.3, 0.4) is 0 Å². The van der Waals surface area contributed by atoms with Gasteiger partial charge in [0.25, 0.3) is 5.91 Å². The van der Waals surface area contributed by atoms with Gasteiger partial charge in [0, 0.05) is 18.2 Å². The first-order chi connectivity index (χ1) is 12.3. The summed E-state index contributed by atoms with van der Waals surface area (Å²) in [6, 6.07) is 7.54. The van der Waals surface area contributed by atoms with E-state index in [1.165, 1.54) is 25.7 Å². The number of benzene rings is 1. The molecule has 1 fully saturated rings. The highest BCUT2D eigenvalue weighted by atomic mass is 16.5.